The number of carbonyl (C=O) groups is 2. The SMILES string of the molecule is CC[C@H](C)NS(=O)(=O)c1cc(NC(=O)Cc2cccs2)ccc1N1CCC(C(N)=O)CC1. The van der Waals surface area contributed by atoms with Crippen LogP contribution in [0.2, 0.25) is 0 Å². The molecule has 0 unspecified atom stereocenters. The Morgan fingerprint density at radius 3 is 2.56 bits per heavy atom. The van der Waals surface area contributed by atoms with Gasteiger partial charge in [0, 0.05) is 35.6 Å². The fourth-order valence-electron chi connectivity index (χ4n) is 3.66. The third-order valence-electron chi connectivity index (χ3n) is 5.65. The number of amides is 2. The van der Waals surface area contributed by atoms with Crippen LogP contribution in [0.3, 0.4) is 0 Å². The van der Waals surface area contributed by atoms with Gasteiger partial charge in [0.05, 0.1) is 12.1 Å². The summed E-state index contributed by atoms with van der Waals surface area (Å²) in [6, 6.07) is 8.47. The van der Waals surface area contributed by atoms with Gasteiger partial charge in [-0.05, 0) is 55.8 Å². The minimum atomic E-state index is -3.82. The number of carbonyl (C=O) groups excluding carboxylic acids is 2. The molecule has 2 heterocycles. The first-order valence-corrected chi connectivity index (χ1v) is 13.1. The zero-order chi connectivity index (χ0) is 23.3. The summed E-state index contributed by atoms with van der Waals surface area (Å²) >= 11 is 1.50. The molecule has 32 heavy (non-hydrogen) atoms. The zero-order valence-electron chi connectivity index (χ0n) is 18.3. The maximum absolute atomic E-state index is 13.2. The van der Waals surface area contributed by atoms with Crippen LogP contribution in [0.25, 0.3) is 0 Å². The van der Waals surface area contributed by atoms with Crippen molar-refractivity contribution in [2.24, 2.45) is 11.7 Å². The molecular weight excluding hydrogens is 448 g/mol. The first kappa shape index (κ1) is 24.2. The van der Waals surface area contributed by atoms with Gasteiger partial charge < -0.3 is 16.0 Å². The summed E-state index contributed by atoms with van der Waals surface area (Å²) in [5.74, 6) is -0.721. The second-order valence-corrected chi connectivity index (χ2v) is 10.8. The standard InChI is InChI=1S/C22H30N4O4S2/c1-3-15(2)25-32(29,30)20-13-17(24-21(27)14-18-5-4-12-31-18)6-7-19(20)26-10-8-16(9-11-26)22(23)28/h4-7,12-13,15-16,25H,3,8-11,14H2,1-2H3,(H2,23,28)(H,24,27)/t15-/m0/s1. The summed E-state index contributed by atoms with van der Waals surface area (Å²) in [5, 5.41) is 4.71. The molecule has 4 N–H and O–H groups in total. The maximum Gasteiger partial charge on any atom is 0.242 e. The van der Waals surface area contributed by atoms with E-state index >= 15 is 0 Å². The van der Waals surface area contributed by atoms with E-state index in [9.17, 15) is 18.0 Å². The minimum absolute atomic E-state index is 0.115. The third-order valence-corrected chi connectivity index (χ3v) is 8.15. The predicted molar refractivity (Wildman–Crippen MR) is 127 cm³/mol. The molecule has 0 bridgehead atoms. The third kappa shape index (κ3) is 6.08. The summed E-state index contributed by atoms with van der Waals surface area (Å²) in [6.07, 6.45) is 2.03. The van der Waals surface area contributed by atoms with Crippen LogP contribution < -0.4 is 20.7 Å². The molecule has 2 amide bonds. The Labute approximate surface area is 193 Å². The lowest BCUT2D eigenvalue weighted by atomic mass is 9.96. The molecule has 0 radical (unpaired) electrons. The quantitative estimate of drug-likeness (QED) is 0.512. The van der Waals surface area contributed by atoms with Gasteiger partial charge in [0.15, 0.2) is 0 Å². The van der Waals surface area contributed by atoms with Gasteiger partial charge in [-0.3, -0.25) is 9.59 Å². The van der Waals surface area contributed by atoms with Crippen molar-refractivity contribution in [3.8, 4) is 0 Å². The van der Waals surface area contributed by atoms with E-state index in [1.54, 1.807) is 12.1 Å². The lowest BCUT2D eigenvalue weighted by Gasteiger charge is -2.33. The van der Waals surface area contributed by atoms with Crippen molar-refractivity contribution < 1.29 is 18.0 Å². The monoisotopic (exact) mass is 478 g/mol. The Bertz CT molecular complexity index is 1050. The van der Waals surface area contributed by atoms with Gasteiger partial charge in [-0.25, -0.2) is 13.1 Å². The molecule has 1 aromatic heterocycles. The van der Waals surface area contributed by atoms with Crippen LogP contribution in [0.4, 0.5) is 11.4 Å². The van der Waals surface area contributed by atoms with Gasteiger partial charge in [0.1, 0.15) is 4.90 Å². The summed E-state index contributed by atoms with van der Waals surface area (Å²) in [4.78, 5) is 26.9. The predicted octanol–water partition coefficient (Wildman–Crippen LogP) is 2.71. The number of benzene rings is 1. The van der Waals surface area contributed by atoms with Gasteiger partial charge in [-0.2, -0.15) is 0 Å². The highest BCUT2D eigenvalue weighted by Gasteiger charge is 2.28. The average Bonchev–Trinajstić information content (AvgIpc) is 3.26. The van der Waals surface area contributed by atoms with Gasteiger partial charge in [-0.1, -0.05) is 13.0 Å². The molecule has 1 fully saturated rings. The van der Waals surface area contributed by atoms with Crippen LogP contribution in [-0.4, -0.2) is 39.4 Å². The van der Waals surface area contributed by atoms with Crippen molar-refractivity contribution in [1.29, 1.82) is 0 Å². The second-order valence-electron chi connectivity index (χ2n) is 8.08. The molecule has 1 aliphatic rings. The number of nitrogens with zero attached hydrogens (tertiary/aromatic N) is 1. The summed E-state index contributed by atoms with van der Waals surface area (Å²) in [5.41, 5.74) is 6.41. The first-order valence-electron chi connectivity index (χ1n) is 10.7. The molecule has 174 valence electrons. The van der Waals surface area contributed by atoms with Crippen LogP contribution in [0, 0.1) is 5.92 Å². The molecule has 1 saturated heterocycles. The number of hydrogen-bond acceptors (Lipinski definition) is 6. The highest BCUT2D eigenvalue weighted by Crippen LogP contribution is 2.32. The topological polar surface area (TPSA) is 122 Å². The molecule has 0 saturated carbocycles. The van der Waals surface area contributed by atoms with E-state index in [-0.39, 0.29) is 35.1 Å². The highest BCUT2D eigenvalue weighted by atomic mass is 32.2. The number of sulfonamides is 1. The lowest BCUT2D eigenvalue weighted by molar-refractivity contribution is -0.122. The molecule has 3 rings (SSSR count). The van der Waals surface area contributed by atoms with E-state index in [1.165, 1.54) is 17.4 Å². The van der Waals surface area contributed by atoms with Crippen molar-refractivity contribution in [2.75, 3.05) is 23.3 Å². The van der Waals surface area contributed by atoms with E-state index in [2.05, 4.69) is 10.0 Å². The number of nitrogens with two attached hydrogens (primary N) is 1. The van der Waals surface area contributed by atoms with E-state index in [4.69, 9.17) is 5.73 Å². The van der Waals surface area contributed by atoms with Crippen LogP contribution in [-0.2, 0) is 26.0 Å². The Morgan fingerprint density at radius 2 is 1.97 bits per heavy atom. The Balaban J connectivity index is 1.87. The highest BCUT2D eigenvalue weighted by molar-refractivity contribution is 7.89. The normalized spacial score (nSPS) is 16.0. The maximum atomic E-state index is 13.2. The van der Waals surface area contributed by atoms with Crippen molar-refractivity contribution in [3.63, 3.8) is 0 Å². The zero-order valence-corrected chi connectivity index (χ0v) is 20.0. The fraction of sp³-hybridized carbons (Fsp3) is 0.455. The van der Waals surface area contributed by atoms with Crippen LogP contribution >= 0.6 is 11.3 Å². The molecule has 0 aliphatic carbocycles. The van der Waals surface area contributed by atoms with E-state index < -0.39 is 10.0 Å². The molecule has 1 atom stereocenters. The first-order chi connectivity index (χ1) is 15.2. The molecule has 0 spiro atoms. The smallest absolute Gasteiger partial charge is 0.242 e. The Hall–Kier alpha value is -2.43. The number of piperidine rings is 1. The van der Waals surface area contributed by atoms with Gasteiger partial charge in [0.2, 0.25) is 21.8 Å². The van der Waals surface area contributed by atoms with Crippen LogP contribution in [0.15, 0.2) is 40.6 Å². The molecular formula is C22H30N4O4S2. The van der Waals surface area contributed by atoms with Gasteiger partial charge in [0.25, 0.3) is 0 Å². The number of hydrogen-bond donors (Lipinski definition) is 3. The summed E-state index contributed by atoms with van der Waals surface area (Å²) in [6.45, 7) is 4.78. The Kier molecular flexibility index (Phi) is 7.91. The molecule has 8 nitrogen and oxygen atoms in total. The molecule has 1 aliphatic heterocycles. The van der Waals surface area contributed by atoms with E-state index in [0.717, 1.165) is 4.88 Å². The molecule has 10 heteroatoms. The second kappa shape index (κ2) is 10.5. The average molecular weight is 479 g/mol. The minimum Gasteiger partial charge on any atom is -0.370 e. The number of nitrogens with one attached hydrogen (secondary N) is 2. The van der Waals surface area contributed by atoms with Crippen LogP contribution in [0.1, 0.15) is 38.0 Å². The molecule has 2 aromatic rings. The number of thiophene rings is 1. The van der Waals surface area contributed by atoms with Crippen molar-refractivity contribution >= 4 is 44.5 Å². The number of primary amides is 1. The van der Waals surface area contributed by atoms with Crippen molar-refractivity contribution in [3.05, 3.63) is 40.6 Å². The largest absolute Gasteiger partial charge is 0.370 e. The molecule has 1 aromatic carbocycles. The Morgan fingerprint density at radius 1 is 1.25 bits per heavy atom. The number of anilines is 2. The summed E-state index contributed by atoms with van der Waals surface area (Å²) in [7, 11) is -3.82. The van der Waals surface area contributed by atoms with Crippen molar-refractivity contribution in [1.82, 2.24) is 4.72 Å². The van der Waals surface area contributed by atoms with Gasteiger partial charge >= 0.3 is 0 Å². The lowest BCUT2D eigenvalue weighted by Crippen LogP contribution is -2.40. The van der Waals surface area contributed by atoms with Crippen LogP contribution in [0.5, 0.6) is 0 Å². The number of rotatable bonds is 9. The van der Waals surface area contributed by atoms with E-state index in [1.807, 2.05) is 36.3 Å². The van der Waals surface area contributed by atoms with Crippen molar-refractivity contribution in [2.45, 2.75) is 50.5 Å². The summed E-state index contributed by atoms with van der Waals surface area (Å²) < 4.78 is 29.1. The van der Waals surface area contributed by atoms with E-state index in [0.29, 0.717) is 43.7 Å². The fourth-order valence-corrected chi connectivity index (χ4v) is 5.94. The van der Waals surface area contributed by atoms with Gasteiger partial charge in [-0.15, -0.1) is 11.3 Å².